The van der Waals surface area contributed by atoms with Gasteiger partial charge in [-0.15, -0.1) is 0 Å². The molecule has 0 spiro atoms. The lowest BCUT2D eigenvalue weighted by molar-refractivity contribution is -0.137. The highest BCUT2D eigenvalue weighted by atomic mass is 16.4. The third kappa shape index (κ3) is 5.04. The smallest absolute Gasteiger partial charge is 0.323 e. The predicted octanol–water partition coefficient (Wildman–Crippen LogP) is 0.195. The maximum Gasteiger partial charge on any atom is 0.323 e. The lowest BCUT2D eigenvalue weighted by atomic mass is 10.3. The largest absolute Gasteiger partial charge is 0.480 e. The Morgan fingerprint density at radius 1 is 1.41 bits per heavy atom. The van der Waals surface area contributed by atoms with Crippen LogP contribution in [0.4, 0.5) is 4.79 Å². The van der Waals surface area contributed by atoms with Crippen LogP contribution in [-0.2, 0) is 4.79 Å². The second kappa shape index (κ2) is 5.86. The molecule has 17 heavy (non-hydrogen) atoms. The predicted molar refractivity (Wildman–Crippen MR) is 63.9 cm³/mol. The molecule has 1 atom stereocenters. The van der Waals surface area contributed by atoms with Gasteiger partial charge >= 0.3 is 12.0 Å². The van der Waals surface area contributed by atoms with Crippen molar-refractivity contribution in [2.24, 2.45) is 0 Å². The number of carboxylic acids is 1. The van der Waals surface area contributed by atoms with Gasteiger partial charge in [0.2, 0.25) is 0 Å². The Kier molecular flexibility index (Phi) is 4.74. The molecule has 0 saturated heterocycles. The Bertz CT molecular complexity index is 290. The fourth-order valence-corrected chi connectivity index (χ4v) is 1.79. The second-order valence-electron chi connectivity index (χ2n) is 4.87. The Labute approximate surface area is 102 Å². The first-order chi connectivity index (χ1) is 7.90. The molecule has 1 aliphatic carbocycles. The minimum Gasteiger partial charge on any atom is -0.480 e. The van der Waals surface area contributed by atoms with Crippen molar-refractivity contribution in [3.05, 3.63) is 0 Å². The number of urea groups is 1. The lowest BCUT2D eigenvalue weighted by Gasteiger charge is -2.25. The molecule has 0 radical (unpaired) electrons. The van der Waals surface area contributed by atoms with Crippen molar-refractivity contribution in [3.63, 3.8) is 0 Å². The topological polar surface area (TPSA) is 72.9 Å². The molecule has 0 aromatic carbocycles. The molecule has 0 aliphatic heterocycles. The van der Waals surface area contributed by atoms with Gasteiger partial charge in [-0.3, -0.25) is 4.79 Å². The molecule has 0 bridgehead atoms. The lowest BCUT2D eigenvalue weighted by Crippen LogP contribution is -2.49. The standard InChI is InChI=1S/C11H21N3O3/c1-8(6-13(2)3)12-11(17)14(7-10(15)16)9-4-5-9/h8-9H,4-7H2,1-3H3,(H,12,17)(H,15,16). The summed E-state index contributed by atoms with van der Waals surface area (Å²) in [7, 11) is 3.86. The van der Waals surface area contributed by atoms with Crippen LogP contribution in [0.15, 0.2) is 0 Å². The van der Waals surface area contributed by atoms with Crippen LogP contribution in [-0.4, -0.2) is 66.2 Å². The zero-order valence-corrected chi connectivity index (χ0v) is 10.6. The van der Waals surface area contributed by atoms with Crippen LogP contribution < -0.4 is 5.32 Å². The Morgan fingerprint density at radius 2 is 2.00 bits per heavy atom. The summed E-state index contributed by atoms with van der Waals surface area (Å²) >= 11 is 0. The fourth-order valence-electron chi connectivity index (χ4n) is 1.79. The summed E-state index contributed by atoms with van der Waals surface area (Å²) in [6.07, 6.45) is 1.81. The summed E-state index contributed by atoms with van der Waals surface area (Å²) in [4.78, 5) is 26.0. The van der Waals surface area contributed by atoms with E-state index in [-0.39, 0.29) is 24.7 Å². The van der Waals surface area contributed by atoms with E-state index in [4.69, 9.17) is 5.11 Å². The van der Waals surface area contributed by atoms with Crippen molar-refractivity contribution >= 4 is 12.0 Å². The van der Waals surface area contributed by atoms with Crippen LogP contribution in [0.2, 0.25) is 0 Å². The number of hydrogen-bond donors (Lipinski definition) is 2. The monoisotopic (exact) mass is 243 g/mol. The Balaban J connectivity index is 2.44. The van der Waals surface area contributed by atoms with Gasteiger partial charge in [-0.05, 0) is 33.9 Å². The van der Waals surface area contributed by atoms with E-state index < -0.39 is 5.97 Å². The normalized spacial score (nSPS) is 16.7. The number of amides is 2. The Morgan fingerprint density at radius 3 is 2.41 bits per heavy atom. The minimum absolute atomic E-state index is 0.00699. The Hall–Kier alpha value is -1.30. The number of nitrogens with zero attached hydrogens (tertiary/aromatic N) is 2. The van der Waals surface area contributed by atoms with E-state index in [1.165, 1.54) is 4.90 Å². The SMILES string of the molecule is CC(CN(C)C)NC(=O)N(CC(=O)O)C1CC1. The van der Waals surface area contributed by atoms with Crippen molar-refractivity contribution in [1.82, 2.24) is 15.1 Å². The second-order valence-corrected chi connectivity index (χ2v) is 4.87. The number of hydrogen-bond acceptors (Lipinski definition) is 3. The highest BCUT2D eigenvalue weighted by molar-refractivity contribution is 5.80. The van der Waals surface area contributed by atoms with Crippen LogP contribution >= 0.6 is 0 Å². The van der Waals surface area contributed by atoms with E-state index in [0.717, 1.165) is 19.4 Å². The summed E-state index contributed by atoms with van der Waals surface area (Å²) in [5.41, 5.74) is 0. The zero-order chi connectivity index (χ0) is 13.0. The van der Waals surface area contributed by atoms with Crippen LogP contribution in [0.3, 0.4) is 0 Å². The van der Waals surface area contributed by atoms with Crippen molar-refractivity contribution in [2.45, 2.75) is 31.8 Å². The molecule has 1 rings (SSSR count). The first-order valence-corrected chi connectivity index (χ1v) is 5.83. The van der Waals surface area contributed by atoms with Crippen LogP contribution in [0.25, 0.3) is 0 Å². The van der Waals surface area contributed by atoms with Gasteiger partial charge in [0.15, 0.2) is 0 Å². The quantitative estimate of drug-likeness (QED) is 0.698. The van der Waals surface area contributed by atoms with Crippen molar-refractivity contribution < 1.29 is 14.7 Å². The summed E-state index contributed by atoms with van der Waals surface area (Å²) in [6, 6.07) is -0.158. The van der Waals surface area contributed by atoms with E-state index >= 15 is 0 Å². The molecule has 0 heterocycles. The van der Waals surface area contributed by atoms with Crippen LogP contribution in [0.5, 0.6) is 0 Å². The molecule has 6 heteroatoms. The van der Waals surface area contributed by atoms with E-state index in [1.807, 2.05) is 25.9 Å². The van der Waals surface area contributed by atoms with Gasteiger partial charge in [0.05, 0.1) is 0 Å². The summed E-state index contributed by atoms with van der Waals surface area (Å²) in [5.74, 6) is -0.965. The van der Waals surface area contributed by atoms with E-state index in [2.05, 4.69) is 5.32 Å². The van der Waals surface area contributed by atoms with Crippen LogP contribution in [0, 0.1) is 0 Å². The zero-order valence-electron chi connectivity index (χ0n) is 10.6. The first-order valence-electron chi connectivity index (χ1n) is 5.83. The summed E-state index contributed by atoms with van der Waals surface area (Å²) in [5, 5.41) is 11.6. The molecule has 1 saturated carbocycles. The average Bonchev–Trinajstić information content (AvgIpc) is 2.94. The number of aliphatic carboxylic acids is 1. The molecule has 1 aliphatic rings. The minimum atomic E-state index is -0.965. The maximum absolute atomic E-state index is 11.9. The van der Waals surface area contributed by atoms with Gasteiger partial charge < -0.3 is 20.2 Å². The van der Waals surface area contributed by atoms with Crippen molar-refractivity contribution in [3.8, 4) is 0 Å². The molecule has 6 nitrogen and oxygen atoms in total. The van der Waals surface area contributed by atoms with Gasteiger partial charge in [0.1, 0.15) is 6.54 Å². The molecule has 2 amide bonds. The molecule has 1 fully saturated rings. The van der Waals surface area contributed by atoms with Crippen molar-refractivity contribution in [1.29, 1.82) is 0 Å². The highest BCUT2D eigenvalue weighted by Crippen LogP contribution is 2.26. The van der Waals surface area contributed by atoms with Gasteiger partial charge in [0, 0.05) is 18.6 Å². The van der Waals surface area contributed by atoms with E-state index in [0.29, 0.717) is 0 Å². The molecular formula is C11H21N3O3. The number of likely N-dealkylation sites (N-methyl/N-ethyl adjacent to an activating group) is 1. The summed E-state index contributed by atoms with van der Waals surface area (Å²) < 4.78 is 0. The first kappa shape index (κ1) is 13.8. The molecule has 0 aromatic rings. The van der Waals surface area contributed by atoms with Gasteiger partial charge in [-0.1, -0.05) is 0 Å². The molecule has 0 aromatic heterocycles. The number of carbonyl (C=O) groups excluding carboxylic acids is 1. The molecule has 2 N–H and O–H groups in total. The maximum atomic E-state index is 11.9. The van der Waals surface area contributed by atoms with E-state index in [9.17, 15) is 9.59 Å². The highest BCUT2D eigenvalue weighted by Gasteiger charge is 2.34. The number of rotatable bonds is 6. The number of carbonyl (C=O) groups is 2. The third-order valence-corrected chi connectivity index (χ3v) is 2.56. The molecule has 1 unspecified atom stereocenters. The number of carboxylic acid groups (broad SMARTS) is 1. The molecular weight excluding hydrogens is 222 g/mol. The van der Waals surface area contributed by atoms with Crippen molar-refractivity contribution in [2.75, 3.05) is 27.2 Å². The van der Waals surface area contributed by atoms with E-state index in [1.54, 1.807) is 0 Å². The summed E-state index contributed by atoms with van der Waals surface area (Å²) in [6.45, 7) is 2.42. The van der Waals surface area contributed by atoms with Gasteiger partial charge in [0.25, 0.3) is 0 Å². The molecule has 98 valence electrons. The fraction of sp³-hybridized carbons (Fsp3) is 0.818. The van der Waals surface area contributed by atoms with Crippen LogP contribution in [0.1, 0.15) is 19.8 Å². The third-order valence-electron chi connectivity index (χ3n) is 2.56. The number of nitrogens with one attached hydrogen (secondary N) is 1. The average molecular weight is 243 g/mol. The van der Waals surface area contributed by atoms with Gasteiger partial charge in [-0.2, -0.15) is 0 Å². The van der Waals surface area contributed by atoms with Gasteiger partial charge in [-0.25, -0.2) is 4.79 Å².